The van der Waals surface area contributed by atoms with Gasteiger partial charge in [0, 0.05) is 68.3 Å². The van der Waals surface area contributed by atoms with Crippen molar-refractivity contribution in [2.24, 2.45) is 0 Å². The van der Waals surface area contributed by atoms with E-state index in [1.165, 1.54) is 24.3 Å². The summed E-state index contributed by atoms with van der Waals surface area (Å²) in [6.45, 7) is 7.84. The van der Waals surface area contributed by atoms with Crippen molar-refractivity contribution in [3.63, 3.8) is 0 Å². The average molecular weight is 754 g/mol. The van der Waals surface area contributed by atoms with Crippen LogP contribution in [0.3, 0.4) is 0 Å². The van der Waals surface area contributed by atoms with E-state index in [0.29, 0.717) is 57.6 Å². The Bertz CT molecular complexity index is 1950. The first-order valence-corrected chi connectivity index (χ1v) is 19.2. The topological polar surface area (TPSA) is 174 Å². The Kier molecular flexibility index (Phi) is 14.6. The van der Waals surface area contributed by atoms with Crippen molar-refractivity contribution < 1.29 is 79.4 Å². The van der Waals surface area contributed by atoms with Gasteiger partial charge in [0.25, 0.3) is 10.1 Å². The third-order valence-electron chi connectivity index (χ3n) is 9.49. The summed E-state index contributed by atoms with van der Waals surface area (Å²) in [5.74, 6) is -0.846. The molecule has 0 saturated carbocycles. The van der Waals surface area contributed by atoms with Crippen LogP contribution in [0.4, 0.5) is 11.4 Å². The summed E-state index contributed by atoms with van der Waals surface area (Å²) in [5.41, 5.74) is 3.54. The molecule has 0 aliphatic carbocycles. The minimum Gasteiger partial charge on any atom is -0.744 e. The van der Waals surface area contributed by atoms with Gasteiger partial charge in [-0.2, -0.15) is 13.0 Å². The van der Waals surface area contributed by atoms with Crippen LogP contribution in [0.5, 0.6) is 0 Å². The predicted octanol–water partition coefficient (Wildman–Crippen LogP) is 2.32. The molecule has 15 heteroatoms. The molecule has 1 atom stereocenters. The maximum Gasteiger partial charge on any atom is 1.00 e. The number of carbonyl (C=O) groups is 1. The maximum atomic E-state index is 12.0. The molecule has 12 nitrogen and oxygen atoms in total. The molecule has 2 aliphatic rings. The number of carboxylic acids is 1. The van der Waals surface area contributed by atoms with Crippen molar-refractivity contribution >= 4 is 43.3 Å². The number of anilines is 1. The van der Waals surface area contributed by atoms with Gasteiger partial charge in [0.15, 0.2) is 12.3 Å². The first-order chi connectivity index (χ1) is 23.5. The Morgan fingerprint density at radius 3 is 2.22 bits per heavy atom. The number of rotatable bonds is 17. The molecule has 0 bridgehead atoms. The SMILES string of the molecule is COCC[N+]1=C(/C=C/C=C/C=C2/N(CCCCCC(=O)O)c3ccc(S(=O)(=O)[O-])cc3C2(C)CCOC)C(C)(C)c2cc(S(=O)(=O)O)ccc21.[Na+]. The first kappa shape index (κ1) is 42.8. The monoisotopic (exact) mass is 753 g/mol. The van der Waals surface area contributed by atoms with Gasteiger partial charge in [-0.1, -0.05) is 24.6 Å². The fourth-order valence-corrected chi connectivity index (χ4v) is 7.82. The molecule has 2 aromatic carbocycles. The van der Waals surface area contributed by atoms with Gasteiger partial charge in [0.2, 0.25) is 5.69 Å². The number of aliphatic carboxylic acids is 1. The van der Waals surface area contributed by atoms with Crippen LogP contribution >= 0.6 is 0 Å². The largest absolute Gasteiger partial charge is 1.00 e. The van der Waals surface area contributed by atoms with Crippen molar-refractivity contribution in [1.29, 1.82) is 0 Å². The number of unbranched alkanes of at least 4 members (excludes halogenated alkanes) is 2. The number of nitrogens with zero attached hydrogens (tertiary/aromatic N) is 2. The fraction of sp³-hybridized carbons (Fsp3) is 0.444. The van der Waals surface area contributed by atoms with E-state index >= 15 is 0 Å². The molecular formula is C36H46N2NaO10S2+. The summed E-state index contributed by atoms with van der Waals surface area (Å²) in [7, 11) is -5.89. The van der Waals surface area contributed by atoms with Gasteiger partial charge < -0.3 is 24.0 Å². The Labute approximate surface area is 323 Å². The Morgan fingerprint density at radius 2 is 1.59 bits per heavy atom. The second kappa shape index (κ2) is 17.4. The van der Waals surface area contributed by atoms with E-state index in [1.54, 1.807) is 26.4 Å². The van der Waals surface area contributed by atoms with Crippen LogP contribution in [0, 0.1) is 0 Å². The first-order valence-electron chi connectivity index (χ1n) is 16.4. The van der Waals surface area contributed by atoms with E-state index in [1.807, 2.05) is 51.2 Å². The molecule has 0 spiro atoms. The molecule has 51 heavy (non-hydrogen) atoms. The molecule has 0 saturated heterocycles. The van der Waals surface area contributed by atoms with Crippen LogP contribution in [0.1, 0.15) is 64.0 Å². The number of benzene rings is 2. The molecule has 0 radical (unpaired) electrons. The van der Waals surface area contributed by atoms with Gasteiger partial charge in [0.1, 0.15) is 16.7 Å². The number of hydrogen-bond donors (Lipinski definition) is 2. The van der Waals surface area contributed by atoms with Crippen LogP contribution in [0.2, 0.25) is 0 Å². The van der Waals surface area contributed by atoms with E-state index in [2.05, 4.69) is 9.48 Å². The fourth-order valence-electron chi connectivity index (χ4n) is 6.82. The summed E-state index contributed by atoms with van der Waals surface area (Å²) in [6.07, 6.45) is 12.1. The Hall–Kier alpha value is -2.66. The molecule has 0 amide bonds. The van der Waals surface area contributed by atoms with E-state index in [4.69, 9.17) is 14.6 Å². The van der Waals surface area contributed by atoms with Gasteiger partial charge in [-0.25, -0.2) is 8.42 Å². The number of carboxylic acid groups (broad SMARTS) is 1. The zero-order chi connectivity index (χ0) is 36.9. The molecule has 2 heterocycles. The molecule has 0 aromatic heterocycles. The Balaban J connectivity index is 0.00000702. The van der Waals surface area contributed by atoms with Crippen LogP contribution in [0.15, 0.2) is 82.3 Å². The average Bonchev–Trinajstić information content (AvgIpc) is 3.40. The van der Waals surface area contributed by atoms with Crippen molar-refractivity contribution in [3.8, 4) is 0 Å². The van der Waals surface area contributed by atoms with Gasteiger partial charge in [-0.15, -0.1) is 0 Å². The van der Waals surface area contributed by atoms with Gasteiger partial charge in [0.05, 0.1) is 15.2 Å². The third-order valence-corrected chi connectivity index (χ3v) is 11.2. The van der Waals surface area contributed by atoms with Gasteiger partial charge >= 0.3 is 35.5 Å². The normalized spacial score (nSPS) is 19.3. The molecule has 2 aliphatic heterocycles. The molecule has 0 fully saturated rings. The molecule has 2 N–H and O–H groups in total. The minimum atomic E-state index is -4.70. The van der Waals surface area contributed by atoms with Crippen LogP contribution in [-0.2, 0) is 45.3 Å². The van der Waals surface area contributed by atoms with Gasteiger partial charge in [-0.05, 0) is 82.0 Å². The second-order valence-corrected chi connectivity index (χ2v) is 16.0. The van der Waals surface area contributed by atoms with Crippen LogP contribution < -0.4 is 34.5 Å². The summed E-state index contributed by atoms with van der Waals surface area (Å²) >= 11 is 0. The van der Waals surface area contributed by atoms with E-state index in [0.717, 1.165) is 28.3 Å². The molecular weight excluding hydrogens is 708 g/mol. The van der Waals surface area contributed by atoms with Crippen LogP contribution in [-0.4, -0.2) is 87.8 Å². The summed E-state index contributed by atoms with van der Waals surface area (Å²) in [6, 6.07) is 9.01. The second-order valence-electron chi connectivity index (χ2n) is 13.2. The number of ether oxygens (including phenoxy) is 2. The number of fused-ring (bicyclic) bond motifs is 2. The molecule has 272 valence electrons. The number of hydrogen-bond acceptors (Lipinski definition) is 9. The molecule has 1 unspecified atom stereocenters. The zero-order valence-electron chi connectivity index (χ0n) is 30.1. The number of allylic oxidation sites excluding steroid dienone is 6. The van der Waals surface area contributed by atoms with Crippen molar-refractivity contribution in [2.45, 2.75) is 73.5 Å². The smallest absolute Gasteiger partial charge is 0.744 e. The predicted molar refractivity (Wildman–Crippen MR) is 189 cm³/mol. The van der Waals surface area contributed by atoms with E-state index in [-0.39, 0.29) is 45.8 Å². The minimum absolute atomic E-state index is 0. The third kappa shape index (κ3) is 9.67. The quantitative estimate of drug-likeness (QED) is 0.0799. The van der Waals surface area contributed by atoms with E-state index in [9.17, 15) is 30.7 Å². The Morgan fingerprint density at radius 1 is 0.922 bits per heavy atom. The van der Waals surface area contributed by atoms with Crippen molar-refractivity contribution in [3.05, 3.63) is 83.6 Å². The summed E-state index contributed by atoms with van der Waals surface area (Å²) < 4.78 is 82.4. The van der Waals surface area contributed by atoms with Gasteiger partial charge in [-0.3, -0.25) is 9.35 Å². The van der Waals surface area contributed by atoms with Crippen molar-refractivity contribution in [2.75, 3.05) is 45.4 Å². The molecule has 4 rings (SSSR count). The summed E-state index contributed by atoms with van der Waals surface area (Å²) in [4.78, 5) is 12.7. The standard InChI is InChI=1S/C36H46N2O10S2.Na/c1-35(2)28-24-26(49(41,42)43)15-17-30(28)38(21-23-48-5)32(35)12-8-6-9-13-33-36(3,19-22-47-4)29-25-27(50(44,45)46)16-18-31(29)37(33)20-11-7-10-14-34(39)40;/h6,8-9,12-13,15-18,24-25H,7,10-11,14,19-23H2,1-5H3,(H2-,39,40,41,42,43,44,45,46);/q;+1. The van der Waals surface area contributed by atoms with E-state index < -0.39 is 37.0 Å². The maximum absolute atomic E-state index is 12.0. The van der Waals surface area contributed by atoms with Crippen LogP contribution in [0.25, 0.3) is 0 Å². The zero-order valence-corrected chi connectivity index (χ0v) is 33.7. The van der Waals surface area contributed by atoms with Crippen molar-refractivity contribution in [1.82, 2.24) is 0 Å². The molecule has 2 aromatic rings. The summed E-state index contributed by atoms with van der Waals surface area (Å²) in [5, 5.41) is 9.06. The number of methoxy groups -OCH3 is 2.